The molecule has 0 spiro atoms. The van der Waals surface area contributed by atoms with Gasteiger partial charge < -0.3 is 14.6 Å². The predicted molar refractivity (Wildman–Crippen MR) is 306 cm³/mol. The molecule has 0 saturated carbocycles. The third-order valence-electron chi connectivity index (χ3n) is 11.6. The van der Waals surface area contributed by atoms with Gasteiger partial charge in [0.1, 0.15) is 6.61 Å². The molecule has 0 amide bonds. The molecule has 70 heavy (non-hydrogen) atoms. The van der Waals surface area contributed by atoms with Gasteiger partial charge in [0.05, 0.1) is 6.61 Å². The molecule has 0 aliphatic heterocycles. The lowest BCUT2D eigenvalue weighted by Gasteiger charge is -2.15. The maximum Gasteiger partial charge on any atom is 0.306 e. The fourth-order valence-corrected chi connectivity index (χ4v) is 7.44. The number of aliphatic hydroxyl groups excluding tert-OH is 1. The quantitative estimate of drug-likeness (QED) is 0.0374. The highest BCUT2D eigenvalue weighted by atomic mass is 16.6. The molecular formula is C65H104O5. The van der Waals surface area contributed by atoms with Crippen molar-refractivity contribution in [1.29, 1.82) is 0 Å². The van der Waals surface area contributed by atoms with E-state index in [2.05, 4.69) is 160 Å². The lowest BCUT2D eigenvalue weighted by Crippen LogP contribution is -2.28. The van der Waals surface area contributed by atoms with E-state index in [1.54, 1.807) is 0 Å². The smallest absolute Gasteiger partial charge is 0.306 e. The van der Waals surface area contributed by atoms with Crippen molar-refractivity contribution in [2.24, 2.45) is 0 Å². The van der Waals surface area contributed by atoms with E-state index < -0.39 is 6.10 Å². The number of rotatable bonds is 50. The third kappa shape index (κ3) is 56.4. The second-order valence-corrected chi connectivity index (χ2v) is 18.2. The first-order valence-electron chi connectivity index (χ1n) is 28.4. The van der Waals surface area contributed by atoms with Gasteiger partial charge in [-0.1, -0.05) is 250 Å². The van der Waals surface area contributed by atoms with Crippen LogP contribution in [0.2, 0.25) is 0 Å². The third-order valence-corrected chi connectivity index (χ3v) is 11.6. The Morgan fingerprint density at radius 1 is 0.329 bits per heavy atom. The zero-order valence-electron chi connectivity index (χ0n) is 45.0. The van der Waals surface area contributed by atoms with Crippen LogP contribution in [0.3, 0.4) is 0 Å². The lowest BCUT2D eigenvalue weighted by molar-refractivity contribution is -0.161. The summed E-state index contributed by atoms with van der Waals surface area (Å²) in [5, 5.41) is 9.66. The van der Waals surface area contributed by atoms with Gasteiger partial charge in [0.2, 0.25) is 0 Å². The Morgan fingerprint density at radius 2 is 0.571 bits per heavy atom. The van der Waals surface area contributed by atoms with Crippen molar-refractivity contribution in [3.63, 3.8) is 0 Å². The largest absolute Gasteiger partial charge is 0.462 e. The van der Waals surface area contributed by atoms with Gasteiger partial charge >= 0.3 is 11.9 Å². The van der Waals surface area contributed by atoms with Crippen LogP contribution in [0.5, 0.6) is 0 Å². The molecule has 0 aromatic carbocycles. The molecule has 0 fully saturated rings. The van der Waals surface area contributed by atoms with E-state index in [0.717, 1.165) is 122 Å². The number of aliphatic hydroxyl groups is 1. The second-order valence-electron chi connectivity index (χ2n) is 18.2. The Kier molecular flexibility index (Phi) is 55.5. The highest BCUT2D eigenvalue weighted by molar-refractivity contribution is 5.70. The standard InChI is InChI=1S/C65H104O5/c1-3-5-7-9-11-13-15-17-19-21-23-25-27-29-31-32-34-36-38-40-42-44-46-48-50-52-54-56-58-60-65(68)70-63(61-66)62-69-64(67)59-57-55-53-51-49-47-45-43-41-39-37-35-33-30-28-26-24-22-20-18-16-14-12-10-8-6-4-2/h5-8,11-14,17-20,23-26,29-31,33-34,36-37,39,63,66H,3-4,9-10,15-16,21-22,27-28,32,35,38,40-62H2,1-2H3/b7-5-,8-6-,13-11-,14-12-,19-17-,20-18-,25-23-,26-24-,31-29-,33-30-,36-34-,39-37-. The van der Waals surface area contributed by atoms with Crippen molar-refractivity contribution >= 4 is 11.9 Å². The maximum absolute atomic E-state index is 12.3. The molecule has 0 aromatic rings. The minimum Gasteiger partial charge on any atom is -0.462 e. The molecule has 5 heteroatoms. The fraction of sp³-hybridized carbons (Fsp3) is 0.600. The first-order chi connectivity index (χ1) is 34.6. The first kappa shape index (κ1) is 65.8. The van der Waals surface area contributed by atoms with Crippen molar-refractivity contribution in [2.75, 3.05) is 13.2 Å². The first-order valence-corrected chi connectivity index (χ1v) is 28.4. The van der Waals surface area contributed by atoms with Gasteiger partial charge in [-0.2, -0.15) is 0 Å². The molecule has 0 aliphatic rings. The Bertz CT molecular complexity index is 1510. The van der Waals surface area contributed by atoms with Gasteiger partial charge in [0.25, 0.3) is 0 Å². The average Bonchev–Trinajstić information content (AvgIpc) is 3.36. The molecule has 394 valence electrons. The second kappa shape index (κ2) is 59.1. The zero-order valence-corrected chi connectivity index (χ0v) is 45.0. The van der Waals surface area contributed by atoms with Crippen LogP contribution in [0.25, 0.3) is 0 Å². The number of hydrogen-bond donors (Lipinski definition) is 1. The Labute approximate surface area is 431 Å². The molecule has 1 unspecified atom stereocenters. The number of carbonyl (C=O) groups is 2. The summed E-state index contributed by atoms with van der Waals surface area (Å²) in [4.78, 5) is 24.5. The summed E-state index contributed by atoms with van der Waals surface area (Å²) in [6.07, 6.45) is 89.5. The number of allylic oxidation sites excluding steroid dienone is 24. The van der Waals surface area contributed by atoms with Crippen molar-refractivity contribution < 1.29 is 24.2 Å². The van der Waals surface area contributed by atoms with E-state index >= 15 is 0 Å². The van der Waals surface area contributed by atoms with Crippen LogP contribution >= 0.6 is 0 Å². The molecule has 1 atom stereocenters. The van der Waals surface area contributed by atoms with E-state index in [9.17, 15) is 14.7 Å². The summed E-state index contributed by atoms with van der Waals surface area (Å²) in [5.74, 6) is -0.613. The van der Waals surface area contributed by atoms with Gasteiger partial charge in [-0.3, -0.25) is 9.59 Å². The summed E-state index contributed by atoms with van der Waals surface area (Å²) in [5.41, 5.74) is 0. The van der Waals surface area contributed by atoms with E-state index in [4.69, 9.17) is 9.47 Å². The van der Waals surface area contributed by atoms with Crippen LogP contribution in [-0.2, 0) is 19.1 Å². The number of esters is 2. The molecule has 0 radical (unpaired) electrons. The summed E-state index contributed by atoms with van der Waals surface area (Å²) in [6, 6.07) is 0. The van der Waals surface area contributed by atoms with E-state index in [-0.39, 0.29) is 25.2 Å². The van der Waals surface area contributed by atoms with Crippen molar-refractivity contribution in [2.45, 2.75) is 238 Å². The van der Waals surface area contributed by atoms with Crippen LogP contribution in [0, 0.1) is 0 Å². The molecule has 0 aromatic heterocycles. The van der Waals surface area contributed by atoms with Gasteiger partial charge in [0, 0.05) is 12.8 Å². The Balaban J connectivity index is 3.59. The van der Waals surface area contributed by atoms with Gasteiger partial charge in [-0.15, -0.1) is 0 Å². The van der Waals surface area contributed by atoms with Crippen LogP contribution in [0.1, 0.15) is 232 Å². The van der Waals surface area contributed by atoms with Crippen molar-refractivity contribution in [3.05, 3.63) is 146 Å². The van der Waals surface area contributed by atoms with Crippen LogP contribution < -0.4 is 0 Å². The van der Waals surface area contributed by atoms with E-state index in [1.807, 2.05) is 0 Å². The van der Waals surface area contributed by atoms with Crippen molar-refractivity contribution in [1.82, 2.24) is 0 Å². The van der Waals surface area contributed by atoms with Gasteiger partial charge in [-0.05, 0) is 116 Å². The van der Waals surface area contributed by atoms with Crippen LogP contribution in [0.15, 0.2) is 146 Å². The Hall–Kier alpha value is -4.22. The molecule has 0 aliphatic carbocycles. The highest BCUT2D eigenvalue weighted by Crippen LogP contribution is 2.14. The average molecular weight is 966 g/mol. The predicted octanol–water partition coefficient (Wildman–Crippen LogP) is 19.4. The highest BCUT2D eigenvalue weighted by Gasteiger charge is 2.16. The molecule has 5 nitrogen and oxygen atoms in total. The lowest BCUT2D eigenvalue weighted by atomic mass is 10.0. The van der Waals surface area contributed by atoms with Crippen LogP contribution in [0.4, 0.5) is 0 Å². The minimum absolute atomic E-state index is 0.0812. The van der Waals surface area contributed by atoms with E-state index in [1.165, 1.54) is 83.5 Å². The zero-order chi connectivity index (χ0) is 50.6. The van der Waals surface area contributed by atoms with E-state index in [0.29, 0.717) is 12.8 Å². The molecule has 0 heterocycles. The molecule has 0 rings (SSSR count). The number of carbonyl (C=O) groups excluding carboxylic acids is 2. The topological polar surface area (TPSA) is 72.8 Å². The minimum atomic E-state index is -0.790. The SMILES string of the molecule is CC/C=C\C/C=C\C/C=C\C/C=C\C/C=C\C/C=C\CCCCCCCCCCCCC(=O)OC(CO)COC(=O)CCCCCCCCCC/C=C\C/C=C\C/C=C\C/C=C\C/C=C\C/C=C\CC. The molecular weight excluding hydrogens is 861 g/mol. The molecule has 0 saturated heterocycles. The number of hydrogen-bond acceptors (Lipinski definition) is 5. The normalized spacial score (nSPS) is 13.4. The fourth-order valence-electron chi connectivity index (χ4n) is 7.44. The molecule has 0 bridgehead atoms. The summed E-state index contributed by atoms with van der Waals surface area (Å²) >= 11 is 0. The Morgan fingerprint density at radius 3 is 0.857 bits per heavy atom. The summed E-state index contributed by atoms with van der Waals surface area (Å²) in [6.45, 7) is 3.90. The van der Waals surface area contributed by atoms with Crippen molar-refractivity contribution in [3.8, 4) is 0 Å². The maximum atomic E-state index is 12.3. The summed E-state index contributed by atoms with van der Waals surface area (Å²) < 4.78 is 10.7. The number of ether oxygens (including phenoxy) is 2. The molecule has 1 N–H and O–H groups in total. The number of unbranched alkanes of at least 4 members (excludes halogenated alkanes) is 18. The van der Waals surface area contributed by atoms with Gasteiger partial charge in [-0.25, -0.2) is 0 Å². The summed E-state index contributed by atoms with van der Waals surface area (Å²) in [7, 11) is 0. The monoisotopic (exact) mass is 965 g/mol. The van der Waals surface area contributed by atoms with Gasteiger partial charge in [0.15, 0.2) is 6.10 Å². The van der Waals surface area contributed by atoms with Crippen LogP contribution in [-0.4, -0.2) is 36.4 Å².